The van der Waals surface area contributed by atoms with Crippen LogP contribution in [0.25, 0.3) is 0 Å². The van der Waals surface area contributed by atoms with Crippen LogP contribution in [0.2, 0.25) is 0 Å². The van der Waals surface area contributed by atoms with Crippen molar-refractivity contribution < 1.29 is 71.4 Å². The summed E-state index contributed by atoms with van der Waals surface area (Å²) in [6.45, 7) is 7.29. The average Bonchev–Trinajstić information content (AvgIpc) is 3.03. The lowest BCUT2D eigenvalue weighted by Crippen LogP contribution is -2.63. The van der Waals surface area contributed by atoms with Crippen molar-refractivity contribution in [2.45, 2.75) is 155 Å². The van der Waals surface area contributed by atoms with Gasteiger partial charge in [0.2, 0.25) is 6.29 Å². The standard InChI is InChI=1S/C35H54O15S/c1-22(36)43-21-29-31(44-23(2)37)32(45-24(3)38)33(46-25(4)39)35(49-29)48-28-17-18-30(50-34(28)47-26(5)40)42-19-15-13-11-9-7-8-10-12-14-16-20-51-27(6)41/h17-18,28-35H,7-16,19-21H2,1-6H3/t28-,29+,30-,31-,32-,33+,34-,35+/m0/s1. The first kappa shape index (κ1) is 44.1. The van der Waals surface area contributed by atoms with Gasteiger partial charge in [0.1, 0.15) is 18.8 Å². The minimum absolute atomic E-state index is 0.181. The molecule has 290 valence electrons. The highest BCUT2D eigenvalue weighted by Crippen LogP contribution is 2.32. The van der Waals surface area contributed by atoms with E-state index in [1.54, 1.807) is 13.0 Å². The average molecular weight is 747 g/mol. The smallest absolute Gasteiger partial charge is 0.305 e. The first-order chi connectivity index (χ1) is 24.3. The summed E-state index contributed by atoms with van der Waals surface area (Å²) < 4.78 is 50.6. The van der Waals surface area contributed by atoms with Crippen LogP contribution in [-0.2, 0) is 71.4 Å². The Labute approximate surface area is 304 Å². The van der Waals surface area contributed by atoms with Crippen LogP contribution >= 0.6 is 11.8 Å². The molecule has 2 aliphatic rings. The molecule has 0 bridgehead atoms. The molecule has 0 spiro atoms. The van der Waals surface area contributed by atoms with Crippen LogP contribution in [-0.4, -0.2) is 103 Å². The maximum absolute atomic E-state index is 12.2. The van der Waals surface area contributed by atoms with Gasteiger partial charge in [-0.3, -0.25) is 28.8 Å². The van der Waals surface area contributed by atoms with Gasteiger partial charge in [-0.05, 0) is 25.0 Å². The summed E-state index contributed by atoms with van der Waals surface area (Å²) in [5.41, 5.74) is 0. The van der Waals surface area contributed by atoms with E-state index in [2.05, 4.69) is 0 Å². The summed E-state index contributed by atoms with van der Waals surface area (Å²) in [5.74, 6) is -2.76. The molecule has 0 unspecified atom stereocenters. The van der Waals surface area contributed by atoms with Crippen molar-refractivity contribution in [1.29, 1.82) is 0 Å². The van der Waals surface area contributed by atoms with Gasteiger partial charge < -0.3 is 42.6 Å². The van der Waals surface area contributed by atoms with Crippen molar-refractivity contribution in [2.24, 2.45) is 0 Å². The second-order valence-corrected chi connectivity index (χ2v) is 13.6. The fourth-order valence-electron chi connectivity index (χ4n) is 5.50. The lowest BCUT2D eigenvalue weighted by molar-refractivity contribution is -0.335. The van der Waals surface area contributed by atoms with E-state index >= 15 is 0 Å². The van der Waals surface area contributed by atoms with Crippen LogP contribution in [0, 0.1) is 0 Å². The van der Waals surface area contributed by atoms with Crippen LogP contribution in [0.1, 0.15) is 106 Å². The van der Waals surface area contributed by atoms with Crippen molar-refractivity contribution in [3.05, 3.63) is 12.2 Å². The molecule has 0 aromatic carbocycles. The molecule has 0 saturated carbocycles. The van der Waals surface area contributed by atoms with E-state index in [4.69, 9.17) is 42.6 Å². The zero-order chi connectivity index (χ0) is 37.8. The number of unbranched alkanes of at least 4 members (excludes halogenated alkanes) is 9. The van der Waals surface area contributed by atoms with Gasteiger partial charge in [0.15, 0.2) is 36.0 Å². The molecule has 0 amide bonds. The van der Waals surface area contributed by atoms with Gasteiger partial charge in [-0.1, -0.05) is 63.1 Å². The zero-order valence-electron chi connectivity index (χ0n) is 30.5. The van der Waals surface area contributed by atoms with E-state index in [0.29, 0.717) is 6.61 Å². The monoisotopic (exact) mass is 746 g/mol. The van der Waals surface area contributed by atoms with E-state index < -0.39 is 85.8 Å². The number of rotatable bonds is 22. The first-order valence-corrected chi connectivity index (χ1v) is 18.5. The van der Waals surface area contributed by atoms with Gasteiger partial charge in [-0.15, -0.1) is 0 Å². The van der Waals surface area contributed by atoms with Crippen LogP contribution in [0.4, 0.5) is 0 Å². The molecule has 51 heavy (non-hydrogen) atoms. The Morgan fingerprint density at radius 3 is 1.65 bits per heavy atom. The molecular weight excluding hydrogens is 692 g/mol. The highest BCUT2D eigenvalue weighted by Gasteiger charge is 2.54. The van der Waals surface area contributed by atoms with Crippen LogP contribution in [0.15, 0.2) is 12.2 Å². The van der Waals surface area contributed by atoms with Crippen molar-refractivity contribution >= 4 is 46.7 Å². The Balaban J connectivity index is 1.98. The number of esters is 5. The fraction of sp³-hybridized carbons (Fsp3) is 0.771. The Hall–Kier alpha value is -3.05. The first-order valence-electron chi connectivity index (χ1n) is 17.5. The van der Waals surface area contributed by atoms with Crippen LogP contribution in [0.3, 0.4) is 0 Å². The number of hydrogen-bond donors (Lipinski definition) is 0. The van der Waals surface area contributed by atoms with Gasteiger partial charge in [-0.2, -0.15) is 0 Å². The number of ether oxygens (including phenoxy) is 9. The SMILES string of the molecule is CC(=O)OC[C@H]1O[C@@H](O[C@H]2C=C[C@@H](OCCCCCCCCCCCCSC(C)=O)O[C@@H]2OC(C)=O)[C@H](OC(C)=O)[C@@H](OC(C)=O)[C@H]1OC(C)=O. The Morgan fingerprint density at radius 2 is 1.10 bits per heavy atom. The Morgan fingerprint density at radius 1 is 0.569 bits per heavy atom. The summed E-state index contributed by atoms with van der Waals surface area (Å²) >= 11 is 1.40. The number of carbonyl (C=O) groups excluding carboxylic acids is 6. The molecule has 15 nitrogen and oxygen atoms in total. The summed E-state index contributed by atoms with van der Waals surface area (Å²) in [7, 11) is 0. The van der Waals surface area contributed by atoms with Crippen molar-refractivity contribution in [1.82, 2.24) is 0 Å². The van der Waals surface area contributed by atoms with Gasteiger partial charge in [0, 0.05) is 47.3 Å². The molecule has 0 radical (unpaired) electrons. The lowest BCUT2D eigenvalue weighted by Gasteiger charge is -2.45. The van der Waals surface area contributed by atoms with Crippen molar-refractivity contribution in [2.75, 3.05) is 19.0 Å². The Bertz CT molecular complexity index is 1160. The maximum Gasteiger partial charge on any atom is 0.305 e. The topological polar surface area (TPSA) is 185 Å². The summed E-state index contributed by atoms with van der Waals surface area (Å²) in [4.78, 5) is 70.9. The largest absolute Gasteiger partial charge is 0.463 e. The van der Waals surface area contributed by atoms with E-state index in [1.807, 2.05) is 0 Å². The molecule has 1 saturated heterocycles. The number of thioether (sulfide) groups is 1. The molecular formula is C35H54O15S. The summed E-state index contributed by atoms with van der Waals surface area (Å²) in [6.07, 6.45) is 3.94. The molecule has 0 N–H and O–H groups in total. The molecule has 0 aromatic rings. The minimum atomic E-state index is -1.50. The molecule has 2 aliphatic heterocycles. The van der Waals surface area contributed by atoms with Crippen molar-refractivity contribution in [3.63, 3.8) is 0 Å². The summed E-state index contributed by atoms with van der Waals surface area (Å²) in [6, 6.07) is 0. The predicted octanol–water partition coefficient (Wildman–Crippen LogP) is 4.45. The third-order valence-corrected chi connectivity index (χ3v) is 8.54. The molecule has 2 heterocycles. The third kappa shape index (κ3) is 18.3. The van der Waals surface area contributed by atoms with Crippen LogP contribution < -0.4 is 0 Å². The van der Waals surface area contributed by atoms with Gasteiger partial charge in [0.05, 0.1) is 6.61 Å². The third-order valence-electron chi connectivity index (χ3n) is 7.64. The second-order valence-electron chi connectivity index (χ2n) is 12.3. The molecule has 8 atom stereocenters. The van der Waals surface area contributed by atoms with Crippen LogP contribution in [0.5, 0.6) is 0 Å². The minimum Gasteiger partial charge on any atom is -0.463 e. The quantitative estimate of drug-likeness (QED) is 0.0654. The molecule has 16 heteroatoms. The normalized spacial score (nSPS) is 25.8. The number of hydrogen-bond acceptors (Lipinski definition) is 16. The molecule has 1 fully saturated rings. The van der Waals surface area contributed by atoms with E-state index in [1.165, 1.54) is 57.4 Å². The summed E-state index contributed by atoms with van der Waals surface area (Å²) in [5, 5.41) is 0.181. The second kappa shape index (κ2) is 24.2. The predicted molar refractivity (Wildman–Crippen MR) is 182 cm³/mol. The lowest BCUT2D eigenvalue weighted by atomic mass is 9.98. The number of carbonyl (C=O) groups is 6. The van der Waals surface area contributed by atoms with E-state index in [0.717, 1.165) is 65.0 Å². The van der Waals surface area contributed by atoms with Gasteiger partial charge in [0.25, 0.3) is 0 Å². The Kier molecular flexibility index (Phi) is 21.0. The molecule has 2 rings (SSSR count). The van der Waals surface area contributed by atoms with Gasteiger partial charge in [-0.25, -0.2) is 0 Å². The highest BCUT2D eigenvalue weighted by molar-refractivity contribution is 8.13. The van der Waals surface area contributed by atoms with Gasteiger partial charge >= 0.3 is 29.8 Å². The molecule has 0 aliphatic carbocycles. The highest BCUT2D eigenvalue weighted by atomic mass is 32.2. The van der Waals surface area contributed by atoms with E-state index in [-0.39, 0.29) is 5.12 Å². The van der Waals surface area contributed by atoms with E-state index in [9.17, 15) is 28.8 Å². The maximum atomic E-state index is 12.2. The zero-order valence-corrected chi connectivity index (χ0v) is 31.3. The fourth-order valence-corrected chi connectivity index (χ4v) is 6.13. The molecule has 0 aromatic heterocycles. The van der Waals surface area contributed by atoms with Crippen molar-refractivity contribution in [3.8, 4) is 0 Å².